The molecule has 92 valence electrons. The Bertz CT molecular complexity index is 514. The van der Waals surface area contributed by atoms with E-state index in [0.717, 1.165) is 29.4 Å². The number of hydrogen-bond donors (Lipinski definition) is 1. The van der Waals surface area contributed by atoms with E-state index in [1.807, 2.05) is 18.5 Å². The molecule has 0 unspecified atom stereocenters. The molecule has 17 heavy (non-hydrogen) atoms. The van der Waals surface area contributed by atoms with Crippen LogP contribution in [0.4, 0.5) is 5.69 Å². The van der Waals surface area contributed by atoms with Gasteiger partial charge in [0.25, 0.3) is 0 Å². The predicted molar refractivity (Wildman–Crippen MR) is 68.0 cm³/mol. The summed E-state index contributed by atoms with van der Waals surface area (Å²) in [4.78, 5) is 0. The van der Waals surface area contributed by atoms with Crippen LogP contribution in [-0.2, 0) is 19.5 Å². The second kappa shape index (κ2) is 4.79. The molecule has 0 aliphatic heterocycles. The van der Waals surface area contributed by atoms with Gasteiger partial charge in [0, 0.05) is 12.7 Å². The third-order valence-corrected chi connectivity index (χ3v) is 3.10. The largest absolute Gasteiger partial charge is 0.396 e. The molecule has 0 aromatic carbocycles. The minimum atomic E-state index is 0.594. The zero-order chi connectivity index (χ0) is 12.4. The van der Waals surface area contributed by atoms with Crippen LogP contribution >= 0.6 is 11.6 Å². The summed E-state index contributed by atoms with van der Waals surface area (Å²) in [5, 5.41) is 9.36. The number of hydrogen-bond acceptors (Lipinski definition) is 3. The number of aromatic nitrogens is 4. The Morgan fingerprint density at radius 2 is 2.18 bits per heavy atom. The molecule has 0 radical (unpaired) electrons. The van der Waals surface area contributed by atoms with Crippen molar-refractivity contribution in [2.45, 2.75) is 33.4 Å². The number of nitrogens with two attached hydrogens (primary N) is 1. The van der Waals surface area contributed by atoms with Gasteiger partial charge in [0.05, 0.1) is 34.8 Å². The maximum Gasteiger partial charge on any atom is 0.0869 e. The Labute approximate surface area is 105 Å². The second-order valence-electron chi connectivity index (χ2n) is 3.85. The van der Waals surface area contributed by atoms with Crippen LogP contribution in [0.5, 0.6) is 0 Å². The maximum absolute atomic E-state index is 6.31. The van der Waals surface area contributed by atoms with Gasteiger partial charge >= 0.3 is 0 Å². The fourth-order valence-electron chi connectivity index (χ4n) is 1.79. The van der Waals surface area contributed by atoms with Gasteiger partial charge in [0.2, 0.25) is 0 Å². The molecule has 2 aromatic rings. The second-order valence-corrected chi connectivity index (χ2v) is 4.23. The third kappa shape index (κ3) is 2.29. The van der Waals surface area contributed by atoms with Crippen molar-refractivity contribution in [1.82, 2.24) is 19.6 Å². The van der Waals surface area contributed by atoms with E-state index < -0.39 is 0 Å². The number of aryl methyl sites for hydroxylation is 2. The summed E-state index contributed by atoms with van der Waals surface area (Å²) < 4.78 is 3.68. The number of nitrogens with zero attached hydrogens (tertiary/aromatic N) is 4. The van der Waals surface area contributed by atoms with E-state index in [4.69, 9.17) is 17.3 Å². The minimum Gasteiger partial charge on any atom is -0.396 e. The first kappa shape index (κ1) is 12.0. The van der Waals surface area contributed by atoms with Crippen molar-refractivity contribution in [2.75, 3.05) is 5.73 Å². The lowest BCUT2D eigenvalue weighted by molar-refractivity contribution is 0.574. The molecular formula is C11H16ClN5. The molecule has 0 saturated carbocycles. The number of anilines is 1. The van der Waals surface area contributed by atoms with Crippen LogP contribution in [0.25, 0.3) is 0 Å². The van der Waals surface area contributed by atoms with Crippen LogP contribution in [-0.4, -0.2) is 19.6 Å². The summed E-state index contributed by atoms with van der Waals surface area (Å²) in [5.74, 6) is 0. The van der Waals surface area contributed by atoms with Gasteiger partial charge in [-0.15, -0.1) is 0 Å². The number of nitrogen functional groups attached to an aromatic ring is 1. The molecule has 0 bridgehead atoms. The van der Waals surface area contributed by atoms with Crippen molar-refractivity contribution in [3.05, 3.63) is 28.8 Å². The molecule has 2 aromatic heterocycles. The van der Waals surface area contributed by atoms with Crippen molar-refractivity contribution >= 4 is 17.3 Å². The summed E-state index contributed by atoms with van der Waals surface area (Å²) in [6.45, 7) is 5.48. The molecule has 0 aliphatic carbocycles. The number of rotatable bonds is 4. The fourth-order valence-corrected chi connectivity index (χ4v) is 2.12. The van der Waals surface area contributed by atoms with Crippen LogP contribution in [0.3, 0.4) is 0 Å². The Morgan fingerprint density at radius 3 is 2.71 bits per heavy atom. The minimum absolute atomic E-state index is 0.594. The van der Waals surface area contributed by atoms with E-state index in [0.29, 0.717) is 12.2 Å². The van der Waals surface area contributed by atoms with E-state index in [-0.39, 0.29) is 0 Å². The van der Waals surface area contributed by atoms with E-state index in [9.17, 15) is 0 Å². The van der Waals surface area contributed by atoms with Gasteiger partial charge in [-0.2, -0.15) is 10.2 Å². The molecule has 2 heterocycles. The normalized spacial score (nSPS) is 11.0. The third-order valence-electron chi connectivity index (χ3n) is 2.66. The zero-order valence-electron chi connectivity index (χ0n) is 10.0. The quantitative estimate of drug-likeness (QED) is 0.906. The molecule has 5 nitrogen and oxygen atoms in total. The van der Waals surface area contributed by atoms with Gasteiger partial charge in [-0.05, 0) is 13.3 Å². The first-order valence-corrected chi connectivity index (χ1v) is 6.05. The highest BCUT2D eigenvalue weighted by Crippen LogP contribution is 2.22. The van der Waals surface area contributed by atoms with Gasteiger partial charge in [0.1, 0.15) is 0 Å². The lowest BCUT2D eigenvalue weighted by atomic mass is 10.3. The lowest BCUT2D eigenvalue weighted by Crippen LogP contribution is -2.08. The first-order chi connectivity index (χ1) is 8.15. The maximum atomic E-state index is 6.31. The molecule has 0 atom stereocenters. The molecule has 0 aliphatic rings. The standard InChI is InChI=1S/C11H16ClN5/c1-3-9-11(12)10(17(4-2)15-9)7-16-6-8(13)5-14-16/h5-6H,3-4,7,13H2,1-2H3. The topological polar surface area (TPSA) is 61.7 Å². The average Bonchev–Trinajstić information content (AvgIpc) is 2.85. The van der Waals surface area contributed by atoms with Crippen molar-refractivity contribution in [3.8, 4) is 0 Å². The highest BCUT2D eigenvalue weighted by atomic mass is 35.5. The van der Waals surface area contributed by atoms with Crippen molar-refractivity contribution < 1.29 is 0 Å². The van der Waals surface area contributed by atoms with Gasteiger partial charge in [-0.1, -0.05) is 18.5 Å². The molecule has 2 N–H and O–H groups in total. The molecule has 2 rings (SSSR count). The molecule has 0 spiro atoms. The first-order valence-electron chi connectivity index (χ1n) is 5.67. The van der Waals surface area contributed by atoms with E-state index in [1.165, 1.54) is 0 Å². The average molecular weight is 254 g/mol. The van der Waals surface area contributed by atoms with E-state index >= 15 is 0 Å². The smallest absolute Gasteiger partial charge is 0.0869 e. The van der Waals surface area contributed by atoms with Crippen molar-refractivity contribution in [1.29, 1.82) is 0 Å². The highest BCUT2D eigenvalue weighted by molar-refractivity contribution is 6.31. The summed E-state index contributed by atoms with van der Waals surface area (Å²) >= 11 is 6.31. The van der Waals surface area contributed by atoms with E-state index in [1.54, 1.807) is 17.1 Å². The Hall–Kier alpha value is -1.49. The number of halogens is 1. The Balaban J connectivity index is 2.34. The SMILES string of the molecule is CCc1nn(CC)c(Cn2cc(N)cn2)c1Cl. The van der Waals surface area contributed by atoms with Gasteiger partial charge in [-0.25, -0.2) is 0 Å². The summed E-state index contributed by atoms with van der Waals surface area (Å²) in [6.07, 6.45) is 4.25. The molecule has 0 fully saturated rings. The van der Waals surface area contributed by atoms with Crippen molar-refractivity contribution in [2.24, 2.45) is 0 Å². The van der Waals surface area contributed by atoms with Gasteiger partial charge < -0.3 is 5.73 Å². The fraction of sp³-hybridized carbons (Fsp3) is 0.455. The van der Waals surface area contributed by atoms with E-state index in [2.05, 4.69) is 10.2 Å². The van der Waals surface area contributed by atoms with Crippen LogP contribution in [0.1, 0.15) is 25.2 Å². The van der Waals surface area contributed by atoms with Gasteiger partial charge in [0.15, 0.2) is 0 Å². The predicted octanol–water partition coefficient (Wildman–Crippen LogP) is 1.95. The van der Waals surface area contributed by atoms with Crippen LogP contribution < -0.4 is 5.73 Å². The monoisotopic (exact) mass is 253 g/mol. The van der Waals surface area contributed by atoms with Crippen LogP contribution in [0, 0.1) is 0 Å². The van der Waals surface area contributed by atoms with Gasteiger partial charge in [-0.3, -0.25) is 9.36 Å². The van der Waals surface area contributed by atoms with Crippen LogP contribution in [0.2, 0.25) is 5.02 Å². The van der Waals surface area contributed by atoms with Crippen molar-refractivity contribution in [3.63, 3.8) is 0 Å². The zero-order valence-corrected chi connectivity index (χ0v) is 10.8. The summed E-state index contributed by atoms with van der Waals surface area (Å²) in [6, 6.07) is 0. The lowest BCUT2D eigenvalue weighted by Gasteiger charge is -2.05. The molecule has 0 saturated heterocycles. The molecule has 0 amide bonds. The summed E-state index contributed by atoms with van der Waals surface area (Å²) in [5.41, 5.74) is 8.20. The Kier molecular flexibility index (Phi) is 3.38. The molecule has 6 heteroatoms. The Morgan fingerprint density at radius 1 is 1.41 bits per heavy atom. The van der Waals surface area contributed by atoms with Crippen LogP contribution in [0.15, 0.2) is 12.4 Å². The summed E-state index contributed by atoms with van der Waals surface area (Å²) in [7, 11) is 0. The molecular weight excluding hydrogens is 238 g/mol. The highest BCUT2D eigenvalue weighted by Gasteiger charge is 2.14.